The average molecular weight is 358 g/mol. The van der Waals surface area contributed by atoms with Crippen molar-refractivity contribution in [2.24, 2.45) is 0 Å². The third-order valence-corrected chi connectivity index (χ3v) is 3.49. The Morgan fingerprint density at radius 3 is 1.38 bits per heavy atom. The molecule has 0 unspecified atom stereocenters. The van der Waals surface area contributed by atoms with Gasteiger partial charge in [0, 0.05) is 0 Å². The van der Waals surface area contributed by atoms with Crippen LogP contribution in [0.15, 0.2) is 60.7 Å². The van der Waals surface area contributed by atoms with E-state index in [0.29, 0.717) is 0 Å². The number of benzene rings is 2. The molecule has 26 heavy (non-hydrogen) atoms. The van der Waals surface area contributed by atoms with E-state index in [1.807, 2.05) is 102 Å². The minimum atomic E-state index is -0.957. The van der Waals surface area contributed by atoms with Gasteiger partial charge < -0.3 is 0 Å². The smallest absolute Gasteiger partial charge is 0.180 e. The highest BCUT2D eigenvalue weighted by Crippen LogP contribution is 2.36. The summed E-state index contributed by atoms with van der Waals surface area (Å²) in [7, 11) is 0. The summed E-state index contributed by atoms with van der Waals surface area (Å²) in [4.78, 5) is 23.0. The van der Waals surface area contributed by atoms with Gasteiger partial charge in [0.2, 0.25) is 0 Å². The van der Waals surface area contributed by atoms with Crippen molar-refractivity contribution in [1.29, 1.82) is 0 Å². The van der Waals surface area contributed by atoms with E-state index in [0.717, 1.165) is 11.1 Å². The lowest BCUT2D eigenvalue weighted by Gasteiger charge is -2.35. The largest absolute Gasteiger partial charge is 0.232 e. The van der Waals surface area contributed by atoms with Crippen LogP contribution in [0.25, 0.3) is 0 Å². The zero-order chi connectivity index (χ0) is 19.3. The van der Waals surface area contributed by atoms with Crippen LogP contribution in [0.2, 0.25) is 0 Å². The van der Waals surface area contributed by atoms with Gasteiger partial charge in [0.1, 0.15) is 6.61 Å². The summed E-state index contributed by atoms with van der Waals surface area (Å²) >= 11 is 0. The minimum Gasteiger partial charge on any atom is -0.232 e. The zero-order valence-electron chi connectivity index (χ0n) is 16.6. The summed E-state index contributed by atoms with van der Waals surface area (Å²) in [6, 6.07) is 19.8. The zero-order valence-corrected chi connectivity index (χ0v) is 16.6. The van der Waals surface area contributed by atoms with E-state index >= 15 is 0 Å². The van der Waals surface area contributed by atoms with Gasteiger partial charge in [0.25, 0.3) is 0 Å². The monoisotopic (exact) mass is 358 g/mol. The molecule has 2 aromatic rings. The molecule has 0 saturated heterocycles. The Bertz CT molecular complexity index is 615. The lowest BCUT2D eigenvalue weighted by Crippen LogP contribution is -2.40. The molecule has 0 fully saturated rings. The van der Waals surface area contributed by atoms with Crippen molar-refractivity contribution >= 4 is 0 Å². The van der Waals surface area contributed by atoms with Crippen LogP contribution in [0, 0.1) is 0 Å². The van der Waals surface area contributed by atoms with Gasteiger partial charge in [0.05, 0.1) is 11.2 Å². The molecule has 0 aliphatic rings. The summed E-state index contributed by atoms with van der Waals surface area (Å²) in [6.45, 7) is 11.8. The third kappa shape index (κ3) is 5.92. The molecule has 0 bridgehead atoms. The van der Waals surface area contributed by atoms with E-state index in [2.05, 4.69) is 0 Å². The Morgan fingerprint density at radius 2 is 1.00 bits per heavy atom. The van der Waals surface area contributed by atoms with Gasteiger partial charge in [-0.1, -0.05) is 60.7 Å². The molecule has 0 atom stereocenters. The maximum Gasteiger partial charge on any atom is 0.180 e. The fourth-order valence-electron chi connectivity index (χ4n) is 2.35. The highest BCUT2D eigenvalue weighted by molar-refractivity contribution is 5.36. The van der Waals surface area contributed by atoms with Crippen molar-refractivity contribution in [3.63, 3.8) is 0 Å². The SMILES string of the molecule is CC(C)(C)OOCC(OOC(C)(C)C)(c1ccccc1)c1ccccc1. The third-order valence-electron chi connectivity index (χ3n) is 3.49. The lowest BCUT2D eigenvalue weighted by molar-refractivity contribution is -0.434. The first-order valence-electron chi connectivity index (χ1n) is 8.91. The van der Waals surface area contributed by atoms with Gasteiger partial charge in [-0.3, -0.25) is 0 Å². The normalized spacial score (nSPS) is 13.0. The molecule has 0 radical (unpaired) electrons. The second-order valence-corrected chi connectivity index (χ2v) is 8.30. The van der Waals surface area contributed by atoms with Crippen LogP contribution in [-0.2, 0) is 25.2 Å². The Morgan fingerprint density at radius 1 is 0.577 bits per heavy atom. The molecule has 0 heterocycles. The van der Waals surface area contributed by atoms with E-state index in [1.165, 1.54) is 0 Å². The van der Waals surface area contributed by atoms with Crippen LogP contribution in [-0.4, -0.2) is 17.8 Å². The number of hydrogen-bond acceptors (Lipinski definition) is 4. The molecular formula is C22H30O4. The Kier molecular flexibility index (Phi) is 6.58. The molecule has 0 saturated carbocycles. The average Bonchev–Trinajstić information content (AvgIpc) is 2.58. The molecule has 0 aliphatic carbocycles. The maximum absolute atomic E-state index is 6.08. The van der Waals surface area contributed by atoms with Crippen LogP contribution in [0.5, 0.6) is 0 Å². The lowest BCUT2D eigenvalue weighted by atomic mass is 9.87. The Labute approximate surface area is 156 Å². The standard InChI is InChI=1S/C22H30O4/c1-20(2,3)24-23-17-22(26-25-21(4,5)6,18-13-9-7-10-14-18)19-15-11-8-12-16-19/h7-16H,17H2,1-6H3. The number of hydrogen-bond donors (Lipinski definition) is 0. The van der Waals surface area contributed by atoms with E-state index in [1.54, 1.807) is 0 Å². The molecule has 4 nitrogen and oxygen atoms in total. The van der Waals surface area contributed by atoms with Gasteiger partial charge in [-0.2, -0.15) is 0 Å². The first-order chi connectivity index (χ1) is 12.1. The van der Waals surface area contributed by atoms with Crippen LogP contribution in [0.1, 0.15) is 52.7 Å². The number of rotatable bonds is 7. The fourth-order valence-corrected chi connectivity index (χ4v) is 2.35. The quantitative estimate of drug-likeness (QED) is 0.489. The summed E-state index contributed by atoms with van der Waals surface area (Å²) < 4.78 is 0. The van der Waals surface area contributed by atoms with Crippen LogP contribution in [0.3, 0.4) is 0 Å². The van der Waals surface area contributed by atoms with Gasteiger partial charge in [0.15, 0.2) is 5.60 Å². The summed E-state index contributed by atoms with van der Waals surface area (Å²) in [6.07, 6.45) is 0. The second-order valence-electron chi connectivity index (χ2n) is 8.30. The topological polar surface area (TPSA) is 36.9 Å². The first kappa shape index (κ1) is 20.6. The van der Waals surface area contributed by atoms with Gasteiger partial charge >= 0.3 is 0 Å². The highest BCUT2D eigenvalue weighted by Gasteiger charge is 2.40. The van der Waals surface area contributed by atoms with E-state index in [4.69, 9.17) is 19.6 Å². The van der Waals surface area contributed by atoms with Crippen LogP contribution < -0.4 is 0 Å². The fraction of sp³-hybridized carbons (Fsp3) is 0.455. The minimum absolute atomic E-state index is 0.147. The van der Waals surface area contributed by atoms with Crippen LogP contribution in [0.4, 0.5) is 0 Å². The molecule has 142 valence electrons. The molecule has 2 aromatic carbocycles. The first-order valence-corrected chi connectivity index (χ1v) is 8.91. The molecular weight excluding hydrogens is 328 g/mol. The summed E-state index contributed by atoms with van der Waals surface area (Å²) in [5.74, 6) is 0. The maximum atomic E-state index is 6.08. The molecule has 0 spiro atoms. The highest BCUT2D eigenvalue weighted by atomic mass is 17.2. The molecule has 0 N–H and O–H groups in total. The molecule has 0 amide bonds. The van der Waals surface area contributed by atoms with Crippen molar-refractivity contribution in [3.8, 4) is 0 Å². The van der Waals surface area contributed by atoms with Gasteiger partial charge in [-0.05, 0) is 52.7 Å². The Hall–Kier alpha value is -1.72. The van der Waals surface area contributed by atoms with Crippen molar-refractivity contribution in [2.45, 2.75) is 58.3 Å². The van der Waals surface area contributed by atoms with Crippen LogP contribution >= 0.6 is 0 Å². The van der Waals surface area contributed by atoms with E-state index < -0.39 is 16.8 Å². The summed E-state index contributed by atoms with van der Waals surface area (Å²) in [5, 5.41) is 0. The molecule has 4 heteroatoms. The van der Waals surface area contributed by atoms with Crippen molar-refractivity contribution in [1.82, 2.24) is 0 Å². The van der Waals surface area contributed by atoms with E-state index in [-0.39, 0.29) is 6.61 Å². The predicted octanol–water partition coefficient (Wildman–Crippen LogP) is 5.42. The van der Waals surface area contributed by atoms with Crippen molar-refractivity contribution < 1.29 is 19.6 Å². The van der Waals surface area contributed by atoms with Gasteiger partial charge in [-0.25, -0.2) is 19.6 Å². The Balaban J connectivity index is 2.44. The molecule has 0 aromatic heterocycles. The summed E-state index contributed by atoms with van der Waals surface area (Å²) in [5.41, 5.74) is -0.00833. The molecule has 0 aliphatic heterocycles. The van der Waals surface area contributed by atoms with Gasteiger partial charge in [-0.15, -0.1) is 0 Å². The molecule has 2 rings (SSSR count). The second kappa shape index (κ2) is 8.31. The van der Waals surface area contributed by atoms with Crippen molar-refractivity contribution in [3.05, 3.63) is 71.8 Å². The van der Waals surface area contributed by atoms with Crippen molar-refractivity contribution in [2.75, 3.05) is 6.61 Å². The van der Waals surface area contributed by atoms with E-state index in [9.17, 15) is 0 Å². The predicted molar refractivity (Wildman–Crippen MR) is 102 cm³/mol.